The fourth-order valence-corrected chi connectivity index (χ4v) is 4.34. The SMILES string of the molecule is C[C@@H]1C[C@@H](c2nc(C(=O)O)cs2)N(C(=O)c2cn3cc(Cl)ccc3n2)C1. The molecular weight excluding hydrogens is 376 g/mol. The molecule has 1 aliphatic rings. The highest BCUT2D eigenvalue weighted by Gasteiger charge is 2.37. The maximum atomic E-state index is 13.0. The number of amides is 1. The molecule has 26 heavy (non-hydrogen) atoms. The standard InChI is InChI=1S/C17H15ClN4O3S/c1-9-4-13(15-20-12(8-26-15)17(24)25)22(5-9)16(23)11-7-21-6-10(18)2-3-14(21)19-11/h2-3,6-9,13H,4-5H2,1H3,(H,24,25)/t9-,13+/m1/s1. The van der Waals surface area contributed by atoms with Gasteiger partial charge in [0, 0.05) is 24.3 Å². The summed E-state index contributed by atoms with van der Waals surface area (Å²) in [6.07, 6.45) is 4.11. The number of hydrogen-bond acceptors (Lipinski definition) is 5. The zero-order valence-corrected chi connectivity index (χ0v) is 15.4. The van der Waals surface area contributed by atoms with Gasteiger partial charge in [-0.1, -0.05) is 18.5 Å². The maximum Gasteiger partial charge on any atom is 0.355 e. The lowest BCUT2D eigenvalue weighted by Gasteiger charge is -2.22. The molecule has 0 aromatic carbocycles. The Morgan fingerprint density at radius 1 is 1.27 bits per heavy atom. The molecule has 0 saturated carbocycles. The van der Waals surface area contributed by atoms with Crippen LogP contribution >= 0.6 is 22.9 Å². The van der Waals surface area contributed by atoms with E-state index in [-0.39, 0.29) is 17.6 Å². The van der Waals surface area contributed by atoms with Crippen molar-refractivity contribution in [2.24, 2.45) is 5.92 Å². The highest BCUT2D eigenvalue weighted by Crippen LogP contribution is 2.37. The molecule has 134 valence electrons. The Bertz CT molecular complexity index is 1010. The Morgan fingerprint density at radius 2 is 2.08 bits per heavy atom. The number of hydrogen-bond donors (Lipinski definition) is 1. The summed E-state index contributed by atoms with van der Waals surface area (Å²) in [5.41, 5.74) is 0.990. The van der Waals surface area contributed by atoms with Gasteiger partial charge in [-0.05, 0) is 24.5 Å². The monoisotopic (exact) mass is 390 g/mol. The van der Waals surface area contributed by atoms with E-state index in [0.717, 1.165) is 6.42 Å². The molecule has 0 aliphatic carbocycles. The average molecular weight is 391 g/mol. The van der Waals surface area contributed by atoms with Crippen molar-refractivity contribution in [1.82, 2.24) is 19.3 Å². The quantitative estimate of drug-likeness (QED) is 0.740. The van der Waals surface area contributed by atoms with E-state index in [1.807, 2.05) is 0 Å². The van der Waals surface area contributed by atoms with Crippen LogP contribution in [0.3, 0.4) is 0 Å². The van der Waals surface area contributed by atoms with Gasteiger partial charge in [0.2, 0.25) is 0 Å². The number of likely N-dealkylation sites (tertiary alicyclic amines) is 1. The first kappa shape index (κ1) is 17.0. The van der Waals surface area contributed by atoms with Crippen molar-refractivity contribution in [3.05, 3.63) is 51.3 Å². The molecule has 0 unspecified atom stereocenters. The third-order valence-electron chi connectivity index (χ3n) is 4.43. The van der Waals surface area contributed by atoms with Gasteiger partial charge in [-0.3, -0.25) is 4.79 Å². The molecule has 1 aliphatic heterocycles. The van der Waals surface area contributed by atoms with Gasteiger partial charge < -0.3 is 14.4 Å². The van der Waals surface area contributed by atoms with Crippen LogP contribution < -0.4 is 0 Å². The lowest BCUT2D eigenvalue weighted by molar-refractivity contribution is 0.0691. The third kappa shape index (κ3) is 2.95. The molecule has 1 amide bonds. The van der Waals surface area contributed by atoms with E-state index in [4.69, 9.17) is 16.7 Å². The van der Waals surface area contributed by atoms with E-state index in [9.17, 15) is 9.59 Å². The summed E-state index contributed by atoms with van der Waals surface area (Å²) in [6.45, 7) is 2.65. The number of halogens is 1. The zero-order chi connectivity index (χ0) is 18.4. The number of carbonyl (C=O) groups excluding carboxylic acids is 1. The topological polar surface area (TPSA) is 87.8 Å². The lowest BCUT2D eigenvalue weighted by atomic mass is 10.1. The van der Waals surface area contributed by atoms with Crippen LogP contribution in [0.5, 0.6) is 0 Å². The Balaban J connectivity index is 1.66. The van der Waals surface area contributed by atoms with Gasteiger partial charge in [0.1, 0.15) is 16.3 Å². The number of thiazole rings is 1. The molecule has 0 bridgehead atoms. The van der Waals surface area contributed by atoms with Gasteiger partial charge >= 0.3 is 5.97 Å². The predicted molar refractivity (Wildman–Crippen MR) is 96.8 cm³/mol. The first-order valence-electron chi connectivity index (χ1n) is 8.06. The maximum absolute atomic E-state index is 13.0. The molecule has 9 heteroatoms. The first-order chi connectivity index (χ1) is 12.4. The molecule has 0 spiro atoms. The van der Waals surface area contributed by atoms with Crippen molar-refractivity contribution in [3.63, 3.8) is 0 Å². The minimum Gasteiger partial charge on any atom is -0.476 e. The van der Waals surface area contributed by atoms with Crippen LogP contribution in [0.1, 0.15) is 45.4 Å². The molecule has 0 radical (unpaired) electrons. The second-order valence-electron chi connectivity index (χ2n) is 6.43. The van der Waals surface area contributed by atoms with Crippen molar-refractivity contribution in [2.75, 3.05) is 6.54 Å². The summed E-state index contributed by atoms with van der Waals surface area (Å²) in [4.78, 5) is 34.5. The second-order valence-corrected chi connectivity index (χ2v) is 7.76. The van der Waals surface area contributed by atoms with Crippen LogP contribution in [0.15, 0.2) is 29.9 Å². The lowest BCUT2D eigenvalue weighted by Crippen LogP contribution is -2.31. The van der Waals surface area contributed by atoms with E-state index in [0.29, 0.717) is 33.8 Å². The Labute approximate surface area is 157 Å². The summed E-state index contributed by atoms with van der Waals surface area (Å²) in [5.74, 6) is -0.951. The highest BCUT2D eigenvalue weighted by atomic mass is 35.5. The predicted octanol–water partition coefficient (Wildman–Crippen LogP) is 3.37. The number of aromatic nitrogens is 3. The number of rotatable bonds is 3. The smallest absolute Gasteiger partial charge is 0.355 e. The number of fused-ring (bicyclic) bond motifs is 1. The third-order valence-corrected chi connectivity index (χ3v) is 5.60. The minimum atomic E-state index is -1.06. The van der Waals surface area contributed by atoms with Crippen LogP contribution in [0.4, 0.5) is 0 Å². The van der Waals surface area contributed by atoms with Gasteiger partial charge in [0.25, 0.3) is 5.91 Å². The van der Waals surface area contributed by atoms with E-state index in [2.05, 4.69) is 16.9 Å². The molecular formula is C17H15ClN4O3S. The van der Waals surface area contributed by atoms with Crippen molar-refractivity contribution in [3.8, 4) is 0 Å². The van der Waals surface area contributed by atoms with Crippen LogP contribution in [0.25, 0.3) is 5.65 Å². The average Bonchev–Trinajstić information content (AvgIpc) is 3.30. The largest absolute Gasteiger partial charge is 0.476 e. The summed E-state index contributed by atoms with van der Waals surface area (Å²) in [6, 6.07) is 3.24. The fourth-order valence-electron chi connectivity index (χ4n) is 3.26. The van der Waals surface area contributed by atoms with Crippen LogP contribution in [0.2, 0.25) is 5.02 Å². The summed E-state index contributed by atoms with van der Waals surface area (Å²) in [7, 11) is 0. The number of carboxylic acid groups (broad SMARTS) is 1. The molecule has 2 atom stereocenters. The van der Waals surface area contributed by atoms with Gasteiger partial charge in [-0.25, -0.2) is 14.8 Å². The Morgan fingerprint density at radius 3 is 2.81 bits per heavy atom. The van der Waals surface area contributed by atoms with Crippen molar-refractivity contribution in [1.29, 1.82) is 0 Å². The Kier molecular flexibility index (Phi) is 4.16. The number of pyridine rings is 1. The van der Waals surface area contributed by atoms with Crippen LogP contribution in [-0.4, -0.2) is 42.8 Å². The van der Waals surface area contributed by atoms with Gasteiger partial charge in [0.05, 0.1) is 11.1 Å². The summed E-state index contributed by atoms with van der Waals surface area (Å²) >= 11 is 7.26. The number of nitrogens with zero attached hydrogens (tertiary/aromatic N) is 4. The number of aromatic carboxylic acids is 1. The molecule has 7 nitrogen and oxygen atoms in total. The van der Waals surface area contributed by atoms with Crippen LogP contribution in [0, 0.1) is 5.92 Å². The van der Waals surface area contributed by atoms with E-state index in [1.165, 1.54) is 16.7 Å². The molecule has 4 rings (SSSR count). The van der Waals surface area contributed by atoms with Gasteiger partial charge in [-0.15, -0.1) is 11.3 Å². The van der Waals surface area contributed by atoms with Crippen LogP contribution in [-0.2, 0) is 0 Å². The number of carbonyl (C=O) groups is 2. The second kappa shape index (κ2) is 6.37. The summed E-state index contributed by atoms with van der Waals surface area (Å²) in [5, 5.41) is 11.8. The van der Waals surface area contributed by atoms with E-state index >= 15 is 0 Å². The first-order valence-corrected chi connectivity index (χ1v) is 9.32. The van der Waals surface area contributed by atoms with Gasteiger partial charge in [0.15, 0.2) is 5.69 Å². The highest BCUT2D eigenvalue weighted by molar-refractivity contribution is 7.09. The van der Waals surface area contributed by atoms with E-state index in [1.54, 1.807) is 33.8 Å². The molecule has 1 fully saturated rings. The molecule has 1 N–H and O–H groups in total. The molecule has 3 aromatic heterocycles. The molecule has 3 aromatic rings. The molecule has 1 saturated heterocycles. The normalized spacial score (nSPS) is 20.0. The minimum absolute atomic E-state index is 0.0133. The Hall–Kier alpha value is -2.45. The van der Waals surface area contributed by atoms with Crippen molar-refractivity contribution in [2.45, 2.75) is 19.4 Å². The van der Waals surface area contributed by atoms with Crippen molar-refractivity contribution < 1.29 is 14.7 Å². The fraction of sp³-hybridized carbons (Fsp3) is 0.294. The number of imidazole rings is 1. The van der Waals surface area contributed by atoms with Crippen molar-refractivity contribution >= 4 is 40.5 Å². The molecule has 4 heterocycles. The van der Waals surface area contributed by atoms with Gasteiger partial charge in [-0.2, -0.15) is 0 Å². The zero-order valence-electron chi connectivity index (χ0n) is 13.8. The van der Waals surface area contributed by atoms with E-state index < -0.39 is 5.97 Å². The number of carboxylic acids is 1. The summed E-state index contributed by atoms with van der Waals surface area (Å²) < 4.78 is 1.72.